The number of hydrogen-bond acceptors (Lipinski definition) is 1. The molecule has 3 nitrogen and oxygen atoms in total. The van der Waals surface area contributed by atoms with E-state index in [0.29, 0.717) is 12.0 Å². The Hall–Kier alpha value is -0.730. The zero-order valence-electron chi connectivity index (χ0n) is 7.89. The molecule has 1 fully saturated rings. The lowest BCUT2D eigenvalue weighted by atomic mass is 9.86. The highest BCUT2D eigenvalue weighted by Gasteiger charge is 2.21. The topological polar surface area (TPSA) is 41.1 Å². The van der Waals surface area contributed by atoms with Crippen molar-refractivity contribution in [1.82, 2.24) is 10.6 Å². The molecule has 1 rings (SSSR count). The number of amides is 2. The second-order valence-electron chi connectivity index (χ2n) is 3.59. The Labute approximate surface area is 73.9 Å². The summed E-state index contributed by atoms with van der Waals surface area (Å²) in [7, 11) is 1.66. The van der Waals surface area contributed by atoms with Gasteiger partial charge in [0.05, 0.1) is 0 Å². The Kier molecular flexibility index (Phi) is 3.38. The Morgan fingerprint density at radius 2 is 2.00 bits per heavy atom. The van der Waals surface area contributed by atoms with Crippen LogP contribution in [0.2, 0.25) is 0 Å². The van der Waals surface area contributed by atoms with E-state index in [1.165, 1.54) is 19.3 Å². The van der Waals surface area contributed by atoms with Crippen molar-refractivity contribution in [3.8, 4) is 0 Å². The monoisotopic (exact) mass is 170 g/mol. The molecule has 0 bridgehead atoms. The van der Waals surface area contributed by atoms with Crippen LogP contribution in [0.3, 0.4) is 0 Å². The third-order valence-corrected chi connectivity index (χ3v) is 2.66. The van der Waals surface area contributed by atoms with Gasteiger partial charge in [-0.2, -0.15) is 0 Å². The Morgan fingerprint density at radius 3 is 2.58 bits per heavy atom. The van der Waals surface area contributed by atoms with Crippen molar-refractivity contribution in [1.29, 1.82) is 0 Å². The maximum Gasteiger partial charge on any atom is 0.314 e. The molecule has 0 aromatic rings. The predicted octanol–water partition coefficient (Wildman–Crippen LogP) is 1.49. The van der Waals surface area contributed by atoms with Crippen molar-refractivity contribution in [2.24, 2.45) is 5.92 Å². The van der Waals surface area contributed by atoms with Gasteiger partial charge in [-0.1, -0.05) is 19.8 Å². The van der Waals surface area contributed by atoms with E-state index >= 15 is 0 Å². The highest BCUT2D eigenvalue weighted by atomic mass is 16.2. The summed E-state index contributed by atoms with van der Waals surface area (Å²) in [6, 6.07) is 0.340. The number of carbonyl (C=O) groups excluding carboxylic acids is 1. The molecule has 2 amide bonds. The molecule has 3 heteroatoms. The molecule has 1 aliphatic rings. The molecule has 0 aliphatic heterocycles. The van der Waals surface area contributed by atoms with Crippen LogP contribution in [0.15, 0.2) is 0 Å². The normalized spacial score (nSPS) is 29.5. The summed E-state index contributed by atoms with van der Waals surface area (Å²) in [5.74, 6) is 0.635. The van der Waals surface area contributed by atoms with Gasteiger partial charge < -0.3 is 10.6 Å². The molecule has 2 atom stereocenters. The minimum Gasteiger partial charge on any atom is -0.341 e. The fraction of sp³-hybridized carbons (Fsp3) is 0.889. The molecule has 0 saturated heterocycles. The van der Waals surface area contributed by atoms with Crippen molar-refractivity contribution >= 4 is 6.03 Å². The van der Waals surface area contributed by atoms with Gasteiger partial charge in [0.25, 0.3) is 0 Å². The highest BCUT2D eigenvalue weighted by molar-refractivity contribution is 5.73. The average Bonchev–Trinajstić information content (AvgIpc) is 2.09. The van der Waals surface area contributed by atoms with Crippen LogP contribution in [0.1, 0.15) is 32.6 Å². The van der Waals surface area contributed by atoms with Crippen LogP contribution in [0, 0.1) is 5.92 Å². The maximum atomic E-state index is 11.0. The maximum absolute atomic E-state index is 11.0. The van der Waals surface area contributed by atoms with Crippen molar-refractivity contribution in [3.63, 3.8) is 0 Å². The molecule has 12 heavy (non-hydrogen) atoms. The number of hydrogen-bond donors (Lipinski definition) is 2. The van der Waals surface area contributed by atoms with Gasteiger partial charge in [0, 0.05) is 13.1 Å². The smallest absolute Gasteiger partial charge is 0.314 e. The molecular weight excluding hydrogens is 152 g/mol. The van der Waals surface area contributed by atoms with Gasteiger partial charge in [-0.05, 0) is 18.8 Å². The summed E-state index contributed by atoms with van der Waals surface area (Å²) in [6.45, 7) is 2.21. The summed E-state index contributed by atoms with van der Waals surface area (Å²) in [5, 5.41) is 5.55. The van der Waals surface area contributed by atoms with Gasteiger partial charge in [0.15, 0.2) is 0 Å². The van der Waals surface area contributed by atoms with Crippen LogP contribution >= 0.6 is 0 Å². The Morgan fingerprint density at radius 1 is 1.33 bits per heavy atom. The Bertz CT molecular complexity index is 159. The van der Waals surface area contributed by atoms with E-state index in [4.69, 9.17) is 0 Å². The number of nitrogens with one attached hydrogen (secondary N) is 2. The van der Waals surface area contributed by atoms with Gasteiger partial charge in [0.2, 0.25) is 0 Å². The summed E-state index contributed by atoms with van der Waals surface area (Å²) < 4.78 is 0. The molecule has 0 radical (unpaired) electrons. The molecule has 0 aromatic carbocycles. The molecule has 2 N–H and O–H groups in total. The zero-order chi connectivity index (χ0) is 8.97. The van der Waals surface area contributed by atoms with Crippen LogP contribution < -0.4 is 10.6 Å². The summed E-state index contributed by atoms with van der Waals surface area (Å²) in [5.41, 5.74) is 0. The lowest BCUT2D eigenvalue weighted by Gasteiger charge is -2.29. The van der Waals surface area contributed by atoms with Gasteiger partial charge >= 0.3 is 6.03 Å². The van der Waals surface area contributed by atoms with E-state index in [1.807, 2.05) is 0 Å². The standard InChI is InChI=1S/C9H18N2O/c1-7-5-3-4-6-8(7)11-9(12)10-2/h7-8H,3-6H2,1-2H3,(H2,10,11,12). The van der Waals surface area contributed by atoms with Crippen molar-refractivity contribution in [3.05, 3.63) is 0 Å². The second-order valence-corrected chi connectivity index (χ2v) is 3.59. The minimum atomic E-state index is -0.0475. The largest absolute Gasteiger partial charge is 0.341 e. The third kappa shape index (κ3) is 2.40. The van der Waals surface area contributed by atoms with E-state index in [-0.39, 0.29) is 6.03 Å². The van der Waals surface area contributed by atoms with Crippen LogP contribution in [0.4, 0.5) is 4.79 Å². The third-order valence-electron chi connectivity index (χ3n) is 2.66. The van der Waals surface area contributed by atoms with Gasteiger partial charge in [-0.3, -0.25) is 0 Å². The van der Waals surface area contributed by atoms with E-state index in [1.54, 1.807) is 7.05 Å². The highest BCUT2D eigenvalue weighted by Crippen LogP contribution is 2.23. The fourth-order valence-electron chi connectivity index (χ4n) is 1.77. The van der Waals surface area contributed by atoms with Gasteiger partial charge in [-0.25, -0.2) is 4.79 Å². The molecule has 1 saturated carbocycles. The summed E-state index contributed by atoms with van der Waals surface area (Å²) in [4.78, 5) is 11.0. The lowest BCUT2D eigenvalue weighted by Crippen LogP contribution is -2.44. The SMILES string of the molecule is CNC(=O)NC1CCCCC1C. The van der Waals surface area contributed by atoms with Crippen LogP contribution in [0.5, 0.6) is 0 Å². The number of carbonyl (C=O) groups is 1. The Balaban J connectivity index is 2.33. The molecule has 1 aliphatic carbocycles. The van der Waals surface area contributed by atoms with E-state index in [0.717, 1.165) is 6.42 Å². The van der Waals surface area contributed by atoms with Gasteiger partial charge in [0.1, 0.15) is 0 Å². The van der Waals surface area contributed by atoms with Crippen LogP contribution in [0.25, 0.3) is 0 Å². The molecule has 70 valence electrons. The number of rotatable bonds is 1. The van der Waals surface area contributed by atoms with Crippen LogP contribution in [-0.4, -0.2) is 19.1 Å². The lowest BCUT2D eigenvalue weighted by molar-refractivity contribution is 0.223. The predicted molar refractivity (Wildman–Crippen MR) is 49.0 cm³/mol. The molecule has 0 heterocycles. The second kappa shape index (κ2) is 4.33. The summed E-state index contributed by atoms with van der Waals surface area (Å²) in [6.07, 6.45) is 4.94. The minimum absolute atomic E-state index is 0.0475. The van der Waals surface area contributed by atoms with Crippen molar-refractivity contribution in [2.75, 3.05) is 7.05 Å². The van der Waals surface area contributed by atoms with Gasteiger partial charge in [-0.15, -0.1) is 0 Å². The summed E-state index contributed by atoms with van der Waals surface area (Å²) >= 11 is 0. The van der Waals surface area contributed by atoms with E-state index < -0.39 is 0 Å². The fourth-order valence-corrected chi connectivity index (χ4v) is 1.77. The molecular formula is C9H18N2O. The number of urea groups is 1. The van der Waals surface area contributed by atoms with Crippen molar-refractivity contribution in [2.45, 2.75) is 38.6 Å². The zero-order valence-corrected chi connectivity index (χ0v) is 7.89. The first kappa shape index (κ1) is 9.36. The quantitative estimate of drug-likeness (QED) is 0.615. The first-order valence-electron chi connectivity index (χ1n) is 4.72. The molecule has 0 aromatic heterocycles. The first-order valence-corrected chi connectivity index (χ1v) is 4.72. The van der Waals surface area contributed by atoms with Crippen LogP contribution in [-0.2, 0) is 0 Å². The van der Waals surface area contributed by atoms with E-state index in [9.17, 15) is 4.79 Å². The molecule has 2 unspecified atom stereocenters. The van der Waals surface area contributed by atoms with Crippen molar-refractivity contribution < 1.29 is 4.79 Å². The molecule has 0 spiro atoms. The first-order chi connectivity index (χ1) is 5.74. The van der Waals surface area contributed by atoms with E-state index in [2.05, 4.69) is 17.6 Å². The average molecular weight is 170 g/mol.